The maximum absolute atomic E-state index is 10.5. The molecule has 14 heavy (non-hydrogen) atoms. The van der Waals surface area contributed by atoms with E-state index in [2.05, 4.69) is 0 Å². The summed E-state index contributed by atoms with van der Waals surface area (Å²) in [5, 5.41) is 18.2. The van der Waals surface area contributed by atoms with E-state index >= 15 is 0 Å². The predicted octanol–water partition coefficient (Wildman–Crippen LogP) is 1.89. The minimum Gasteiger partial charge on any atom is -0.481 e. The van der Waals surface area contributed by atoms with Gasteiger partial charge >= 0.3 is 5.97 Å². The van der Waals surface area contributed by atoms with Crippen LogP contribution in [0.4, 0.5) is 0 Å². The largest absolute Gasteiger partial charge is 0.481 e. The van der Waals surface area contributed by atoms with Crippen LogP contribution < -0.4 is 0 Å². The van der Waals surface area contributed by atoms with Crippen molar-refractivity contribution in [3.8, 4) is 0 Å². The van der Waals surface area contributed by atoms with Gasteiger partial charge in [-0.1, -0.05) is 23.7 Å². The van der Waals surface area contributed by atoms with Gasteiger partial charge in [0.2, 0.25) is 0 Å². The average molecular weight is 215 g/mol. The van der Waals surface area contributed by atoms with Crippen LogP contribution in [-0.2, 0) is 4.79 Å². The lowest BCUT2D eigenvalue weighted by Crippen LogP contribution is -2.10. The van der Waals surface area contributed by atoms with Gasteiger partial charge in [0, 0.05) is 10.9 Å². The molecule has 76 valence electrons. The van der Waals surface area contributed by atoms with E-state index in [0.717, 1.165) is 5.56 Å². The number of rotatable bonds is 4. The SMILES string of the molecule is O=C(O)CC(CO)c1cccc(Cl)c1. The quantitative estimate of drug-likeness (QED) is 0.805. The summed E-state index contributed by atoms with van der Waals surface area (Å²) in [6, 6.07) is 6.88. The number of aliphatic carboxylic acids is 1. The number of hydrogen-bond donors (Lipinski definition) is 2. The first-order valence-corrected chi connectivity index (χ1v) is 4.59. The van der Waals surface area contributed by atoms with Crippen LogP contribution in [0.15, 0.2) is 24.3 Å². The van der Waals surface area contributed by atoms with E-state index in [-0.39, 0.29) is 18.9 Å². The fourth-order valence-electron chi connectivity index (χ4n) is 1.26. The summed E-state index contributed by atoms with van der Waals surface area (Å²) >= 11 is 5.75. The zero-order chi connectivity index (χ0) is 10.6. The summed E-state index contributed by atoms with van der Waals surface area (Å²) in [6.07, 6.45) is -0.0865. The number of halogens is 1. The Morgan fingerprint density at radius 3 is 2.71 bits per heavy atom. The summed E-state index contributed by atoms with van der Waals surface area (Å²) < 4.78 is 0. The molecule has 0 amide bonds. The van der Waals surface area contributed by atoms with Gasteiger partial charge in [0.25, 0.3) is 0 Å². The standard InChI is InChI=1S/C10H11ClO3/c11-9-3-1-2-7(4-9)8(6-12)5-10(13)14/h1-4,8,12H,5-6H2,(H,13,14). The lowest BCUT2D eigenvalue weighted by molar-refractivity contribution is -0.137. The van der Waals surface area contributed by atoms with E-state index in [4.69, 9.17) is 21.8 Å². The Morgan fingerprint density at radius 2 is 2.21 bits per heavy atom. The van der Waals surface area contributed by atoms with E-state index in [9.17, 15) is 4.79 Å². The third-order valence-corrected chi connectivity index (χ3v) is 2.20. The van der Waals surface area contributed by atoms with Crippen LogP contribution in [0, 0.1) is 0 Å². The van der Waals surface area contributed by atoms with Crippen molar-refractivity contribution < 1.29 is 15.0 Å². The molecule has 1 aromatic carbocycles. The lowest BCUT2D eigenvalue weighted by atomic mass is 9.97. The zero-order valence-electron chi connectivity index (χ0n) is 7.48. The summed E-state index contributed by atoms with van der Waals surface area (Å²) in [7, 11) is 0. The molecule has 4 heteroatoms. The molecular formula is C10H11ClO3. The lowest BCUT2D eigenvalue weighted by Gasteiger charge is -2.11. The molecule has 3 nitrogen and oxygen atoms in total. The monoisotopic (exact) mass is 214 g/mol. The number of benzene rings is 1. The van der Waals surface area contributed by atoms with Crippen LogP contribution in [-0.4, -0.2) is 22.8 Å². The molecule has 0 saturated carbocycles. The van der Waals surface area contributed by atoms with Crippen LogP contribution in [0.2, 0.25) is 5.02 Å². The van der Waals surface area contributed by atoms with E-state index in [1.807, 2.05) is 0 Å². The minimum atomic E-state index is -0.927. The van der Waals surface area contributed by atoms with Crippen LogP contribution in [0.5, 0.6) is 0 Å². The van der Waals surface area contributed by atoms with Crippen molar-refractivity contribution in [2.45, 2.75) is 12.3 Å². The van der Waals surface area contributed by atoms with Gasteiger partial charge in [-0.3, -0.25) is 4.79 Å². The highest BCUT2D eigenvalue weighted by atomic mass is 35.5. The van der Waals surface area contributed by atoms with Gasteiger partial charge in [-0.15, -0.1) is 0 Å². The molecule has 0 heterocycles. The number of carboxylic acid groups (broad SMARTS) is 1. The van der Waals surface area contributed by atoms with Crippen molar-refractivity contribution in [3.05, 3.63) is 34.9 Å². The molecule has 1 aromatic rings. The molecule has 0 spiro atoms. The highest BCUT2D eigenvalue weighted by molar-refractivity contribution is 6.30. The van der Waals surface area contributed by atoms with Crippen molar-refractivity contribution in [2.24, 2.45) is 0 Å². The van der Waals surface area contributed by atoms with Gasteiger partial charge in [-0.05, 0) is 17.7 Å². The smallest absolute Gasteiger partial charge is 0.304 e. The van der Waals surface area contributed by atoms with Crippen molar-refractivity contribution in [2.75, 3.05) is 6.61 Å². The molecule has 1 rings (SSSR count). The number of aliphatic hydroxyl groups is 1. The molecule has 0 saturated heterocycles. The molecule has 0 fully saturated rings. The van der Waals surface area contributed by atoms with Crippen LogP contribution in [0.25, 0.3) is 0 Å². The molecule has 0 aromatic heterocycles. The Kier molecular flexibility index (Phi) is 3.92. The molecule has 1 unspecified atom stereocenters. The third kappa shape index (κ3) is 3.01. The highest BCUT2D eigenvalue weighted by Gasteiger charge is 2.14. The summed E-state index contributed by atoms with van der Waals surface area (Å²) in [5.74, 6) is -1.31. The zero-order valence-corrected chi connectivity index (χ0v) is 8.24. The van der Waals surface area contributed by atoms with Gasteiger partial charge in [0.1, 0.15) is 0 Å². The Labute approximate surface area is 86.9 Å². The second-order valence-electron chi connectivity index (χ2n) is 3.03. The van der Waals surface area contributed by atoms with E-state index < -0.39 is 5.97 Å². The predicted molar refractivity (Wildman–Crippen MR) is 53.5 cm³/mol. The van der Waals surface area contributed by atoms with Crippen molar-refractivity contribution in [1.82, 2.24) is 0 Å². The fourth-order valence-corrected chi connectivity index (χ4v) is 1.46. The van der Waals surface area contributed by atoms with Crippen molar-refractivity contribution in [1.29, 1.82) is 0 Å². The summed E-state index contributed by atoms with van der Waals surface area (Å²) in [4.78, 5) is 10.5. The van der Waals surface area contributed by atoms with Gasteiger partial charge in [-0.25, -0.2) is 0 Å². The third-order valence-electron chi connectivity index (χ3n) is 1.96. The number of aliphatic hydroxyl groups excluding tert-OH is 1. The highest BCUT2D eigenvalue weighted by Crippen LogP contribution is 2.22. The molecule has 2 N–H and O–H groups in total. The molecule has 0 aliphatic rings. The van der Waals surface area contributed by atoms with Gasteiger partial charge in [0.05, 0.1) is 13.0 Å². The first kappa shape index (κ1) is 11.0. The first-order chi connectivity index (χ1) is 6.63. The van der Waals surface area contributed by atoms with Crippen molar-refractivity contribution in [3.63, 3.8) is 0 Å². The van der Waals surface area contributed by atoms with Gasteiger partial charge in [0.15, 0.2) is 0 Å². The van der Waals surface area contributed by atoms with Gasteiger partial charge in [-0.2, -0.15) is 0 Å². The second kappa shape index (κ2) is 4.98. The van der Waals surface area contributed by atoms with E-state index in [1.165, 1.54) is 0 Å². The maximum atomic E-state index is 10.5. The molecular weight excluding hydrogens is 204 g/mol. The van der Waals surface area contributed by atoms with Gasteiger partial charge < -0.3 is 10.2 Å². The Hall–Kier alpha value is -1.06. The van der Waals surface area contributed by atoms with E-state index in [0.29, 0.717) is 5.02 Å². The Bertz CT molecular complexity index is 325. The van der Waals surface area contributed by atoms with Crippen molar-refractivity contribution >= 4 is 17.6 Å². The number of carboxylic acids is 1. The topological polar surface area (TPSA) is 57.5 Å². The normalized spacial score (nSPS) is 12.4. The molecule has 0 aliphatic heterocycles. The minimum absolute atomic E-state index is 0.0865. The summed E-state index contributed by atoms with van der Waals surface area (Å²) in [6.45, 7) is -0.188. The molecule has 1 atom stereocenters. The average Bonchev–Trinajstić information content (AvgIpc) is 2.14. The van der Waals surface area contributed by atoms with Crippen LogP contribution >= 0.6 is 11.6 Å². The fraction of sp³-hybridized carbons (Fsp3) is 0.300. The molecule has 0 radical (unpaired) electrons. The van der Waals surface area contributed by atoms with Crippen LogP contribution in [0.1, 0.15) is 17.9 Å². The number of carbonyl (C=O) groups is 1. The van der Waals surface area contributed by atoms with E-state index in [1.54, 1.807) is 24.3 Å². The maximum Gasteiger partial charge on any atom is 0.304 e. The molecule has 0 aliphatic carbocycles. The van der Waals surface area contributed by atoms with Crippen LogP contribution in [0.3, 0.4) is 0 Å². The summed E-state index contributed by atoms with van der Waals surface area (Å²) in [5.41, 5.74) is 0.752. The Morgan fingerprint density at radius 1 is 1.50 bits per heavy atom. The second-order valence-corrected chi connectivity index (χ2v) is 3.47. The first-order valence-electron chi connectivity index (χ1n) is 4.21. The Balaban J connectivity index is 2.83. The number of hydrogen-bond acceptors (Lipinski definition) is 2. The molecule has 0 bridgehead atoms.